The Labute approximate surface area is 192 Å². The van der Waals surface area contributed by atoms with E-state index in [0.29, 0.717) is 6.42 Å². The van der Waals surface area contributed by atoms with E-state index in [0.717, 1.165) is 26.0 Å². The Morgan fingerprint density at radius 3 is 1.97 bits per heavy atom. The van der Waals surface area contributed by atoms with E-state index in [-0.39, 0.29) is 5.97 Å². The Hall–Kier alpha value is -2.47. The number of carbonyl (C=O) groups is 1. The van der Waals surface area contributed by atoms with Crippen LogP contribution < -0.4 is 0 Å². The lowest BCUT2D eigenvalue weighted by molar-refractivity contribution is -0.156. The summed E-state index contributed by atoms with van der Waals surface area (Å²) in [4.78, 5) is 18.1. The fourth-order valence-electron chi connectivity index (χ4n) is 3.10. The van der Waals surface area contributed by atoms with Gasteiger partial charge >= 0.3 is 5.97 Å². The molecular formula is C26H26INO2. The molecule has 0 radical (unpaired) electrons. The quantitative estimate of drug-likeness (QED) is 0.229. The van der Waals surface area contributed by atoms with Gasteiger partial charge in [-0.2, -0.15) is 0 Å². The molecule has 0 spiro atoms. The number of hydrogen-bond donors (Lipinski definition) is 0. The summed E-state index contributed by atoms with van der Waals surface area (Å²) in [5.74, 6) is -0.314. The van der Waals surface area contributed by atoms with E-state index in [1.807, 2.05) is 99.6 Å². The molecule has 0 fully saturated rings. The molecule has 0 saturated heterocycles. The molecule has 0 aliphatic carbocycles. The second-order valence-corrected chi connectivity index (χ2v) is 9.34. The molecule has 0 aliphatic heterocycles. The molecule has 0 unspecified atom stereocenters. The molecule has 0 heterocycles. The molecule has 0 saturated carbocycles. The third kappa shape index (κ3) is 6.52. The summed E-state index contributed by atoms with van der Waals surface area (Å²) in [6.45, 7) is 5.64. The van der Waals surface area contributed by atoms with Crippen molar-refractivity contribution in [3.05, 3.63) is 105 Å². The van der Waals surface area contributed by atoms with E-state index in [1.54, 1.807) is 0 Å². The first-order valence-corrected chi connectivity index (χ1v) is 11.1. The summed E-state index contributed by atoms with van der Waals surface area (Å²) >= 11 is 2.28. The average Bonchev–Trinajstić information content (AvgIpc) is 2.71. The zero-order chi connectivity index (χ0) is 21.6. The van der Waals surface area contributed by atoms with Gasteiger partial charge in [0.15, 0.2) is 6.04 Å². The normalized spacial score (nSPS) is 12.1. The predicted octanol–water partition coefficient (Wildman–Crippen LogP) is 6.08. The highest BCUT2D eigenvalue weighted by atomic mass is 127. The second kappa shape index (κ2) is 10.0. The van der Waals surface area contributed by atoms with E-state index in [2.05, 4.69) is 28.7 Å². The van der Waals surface area contributed by atoms with Crippen molar-refractivity contribution in [2.24, 2.45) is 4.99 Å². The van der Waals surface area contributed by atoms with Gasteiger partial charge < -0.3 is 4.74 Å². The van der Waals surface area contributed by atoms with E-state index in [9.17, 15) is 4.79 Å². The summed E-state index contributed by atoms with van der Waals surface area (Å²) < 4.78 is 6.86. The highest BCUT2D eigenvalue weighted by molar-refractivity contribution is 14.1. The van der Waals surface area contributed by atoms with Crippen molar-refractivity contribution < 1.29 is 9.53 Å². The Balaban J connectivity index is 2.06. The minimum Gasteiger partial charge on any atom is -0.458 e. The molecule has 3 aromatic rings. The zero-order valence-corrected chi connectivity index (χ0v) is 19.7. The van der Waals surface area contributed by atoms with Crippen LogP contribution in [-0.2, 0) is 16.0 Å². The van der Waals surface area contributed by atoms with Crippen molar-refractivity contribution in [3.63, 3.8) is 0 Å². The minimum atomic E-state index is -0.641. The monoisotopic (exact) mass is 511 g/mol. The van der Waals surface area contributed by atoms with Crippen LogP contribution in [0.25, 0.3) is 0 Å². The van der Waals surface area contributed by atoms with Crippen molar-refractivity contribution in [2.45, 2.75) is 38.8 Å². The summed E-state index contributed by atoms with van der Waals surface area (Å²) in [5.41, 5.74) is 3.22. The smallest absolute Gasteiger partial charge is 0.331 e. The number of carbonyl (C=O) groups excluding carboxylic acids is 1. The van der Waals surface area contributed by atoms with Gasteiger partial charge in [-0.3, -0.25) is 4.99 Å². The van der Waals surface area contributed by atoms with Crippen LogP contribution in [0.2, 0.25) is 0 Å². The Morgan fingerprint density at radius 2 is 1.47 bits per heavy atom. The van der Waals surface area contributed by atoms with Gasteiger partial charge in [0.2, 0.25) is 0 Å². The van der Waals surface area contributed by atoms with Gasteiger partial charge in [-0.25, -0.2) is 4.79 Å². The fraction of sp³-hybridized carbons (Fsp3) is 0.231. The number of rotatable bonds is 6. The molecule has 0 bridgehead atoms. The van der Waals surface area contributed by atoms with Gasteiger partial charge in [0.05, 0.1) is 5.71 Å². The number of halogens is 1. The van der Waals surface area contributed by atoms with Gasteiger partial charge in [-0.1, -0.05) is 72.8 Å². The number of benzene rings is 3. The van der Waals surface area contributed by atoms with Crippen molar-refractivity contribution >= 4 is 34.3 Å². The van der Waals surface area contributed by atoms with Gasteiger partial charge in [-0.05, 0) is 61.1 Å². The maximum atomic E-state index is 13.1. The van der Waals surface area contributed by atoms with E-state index < -0.39 is 11.6 Å². The first-order valence-electron chi connectivity index (χ1n) is 9.98. The Kier molecular flexibility index (Phi) is 7.43. The van der Waals surface area contributed by atoms with Crippen molar-refractivity contribution in [1.82, 2.24) is 0 Å². The molecule has 0 aliphatic rings. The van der Waals surface area contributed by atoms with Crippen molar-refractivity contribution in [2.75, 3.05) is 0 Å². The van der Waals surface area contributed by atoms with Crippen LogP contribution in [0.15, 0.2) is 89.9 Å². The Morgan fingerprint density at radius 1 is 0.900 bits per heavy atom. The first kappa shape index (κ1) is 22.2. The molecule has 3 aromatic carbocycles. The largest absolute Gasteiger partial charge is 0.458 e. The van der Waals surface area contributed by atoms with E-state index in [4.69, 9.17) is 9.73 Å². The highest BCUT2D eigenvalue weighted by Gasteiger charge is 2.26. The molecule has 30 heavy (non-hydrogen) atoms. The SMILES string of the molecule is CC(C)(C)OC(=O)[C@H](Cc1cccc(I)c1)N=C(c1ccccc1)c1ccccc1. The molecular weight excluding hydrogens is 485 g/mol. The lowest BCUT2D eigenvalue weighted by Crippen LogP contribution is -2.33. The Bertz CT molecular complexity index is 966. The molecule has 3 nitrogen and oxygen atoms in total. The van der Waals surface area contributed by atoms with Crippen LogP contribution in [-0.4, -0.2) is 23.3 Å². The summed E-state index contributed by atoms with van der Waals surface area (Å²) in [6.07, 6.45) is 0.481. The minimum absolute atomic E-state index is 0.314. The van der Waals surface area contributed by atoms with E-state index >= 15 is 0 Å². The third-order valence-electron chi connectivity index (χ3n) is 4.38. The van der Waals surface area contributed by atoms with Gasteiger partial charge in [0, 0.05) is 21.1 Å². The molecule has 3 rings (SSSR count). The summed E-state index contributed by atoms with van der Waals surface area (Å²) in [5, 5.41) is 0. The lowest BCUT2D eigenvalue weighted by Gasteiger charge is -2.23. The highest BCUT2D eigenvalue weighted by Crippen LogP contribution is 2.19. The maximum absolute atomic E-state index is 13.1. The standard InChI is InChI=1S/C26H26INO2/c1-26(2,3)30-25(29)23(18-19-11-10-16-22(27)17-19)28-24(20-12-6-4-7-13-20)21-14-8-5-9-15-21/h4-17,23H,18H2,1-3H3/t23-/m0/s1. The van der Waals surface area contributed by atoms with Crippen molar-refractivity contribution in [3.8, 4) is 0 Å². The number of nitrogens with zero attached hydrogens (tertiary/aromatic N) is 1. The van der Waals surface area contributed by atoms with Crippen LogP contribution in [0, 0.1) is 3.57 Å². The van der Waals surface area contributed by atoms with Crippen LogP contribution in [0.3, 0.4) is 0 Å². The van der Waals surface area contributed by atoms with Gasteiger partial charge in [0.1, 0.15) is 5.60 Å². The molecule has 1 atom stereocenters. The maximum Gasteiger partial charge on any atom is 0.331 e. The van der Waals surface area contributed by atoms with Crippen LogP contribution in [0.5, 0.6) is 0 Å². The van der Waals surface area contributed by atoms with Gasteiger partial charge in [-0.15, -0.1) is 0 Å². The number of ether oxygens (including phenoxy) is 1. The van der Waals surface area contributed by atoms with Crippen LogP contribution >= 0.6 is 22.6 Å². The van der Waals surface area contributed by atoms with Crippen LogP contribution in [0.4, 0.5) is 0 Å². The van der Waals surface area contributed by atoms with Crippen molar-refractivity contribution in [1.29, 1.82) is 0 Å². The lowest BCUT2D eigenvalue weighted by atomic mass is 10.0. The molecule has 4 heteroatoms. The first-order chi connectivity index (χ1) is 14.3. The number of hydrogen-bond acceptors (Lipinski definition) is 3. The number of esters is 1. The second-order valence-electron chi connectivity index (χ2n) is 8.09. The summed E-state index contributed by atoms with van der Waals surface area (Å²) in [7, 11) is 0. The zero-order valence-electron chi connectivity index (χ0n) is 17.5. The predicted molar refractivity (Wildman–Crippen MR) is 131 cm³/mol. The topological polar surface area (TPSA) is 38.7 Å². The summed E-state index contributed by atoms with van der Waals surface area (Å²) in [6, 6.07) is 27.5. The molecule has 0 N–H and O–H groups in total. The molecule has 154 valence electrons. The third-order valence-corrected chi connectivity index (χ3v) is 5.05. The molecule has 0 amide bonds. The average molecular weight is 511 g/mol. The van der Waals surface area contributed by atoms with Crippen LogP contribution in [0.1, 0.15) is 37.5 Å². The fourth-order valence-corrected chi connectivity index (χ4v) is 3.71. The number of aliphatic imine (C=N–C) groups is 1. The van der Waals surface area contributed by atoms with E-state index in [1.165, 1.54) is 0 Å². The molecule has 0 aromatic heterocycles. The van der Waals surface area contributed by atoms with Gasteiger partial charge in [0.25, 0.3) is 0 Å².